The van der Waals surface area contributed by atoms with E-state index >= 15 is 0 Å². The van der Waals surface area contributed by atoms with Crippen LogP contribution in [0.1, 0.15) is 31.7 Å². The van der Waals surface area contributed by atoms with E-state index in [9.17, 15) is 4.79 Å². The third kappa shape index (κ3) is 5.13. The van der Waals surface area contributed by atoms with Gasteiger partial charge in [-0.1, -0.05) is 6.92 Å². The zero-order valence-electron chi connectivity index (χ0n) is 14.4. The van der Waals surface area contributed by atoms with Gasteiger partial charge in [-0.15, -0.1) is 0 Å². The average Bonchev–Trinajstić information content (AvgIpc) is 3.05. The van der Waals surface area contributed by atoms with Crippen molar-refractivity contribution in [3.05, 3.63) is 23.8 Å². The van der Waals surface area contributed by atoms with Crippen LogP contribution >= 0.6 is 0 Å². The van der Waals surface area contributed by atoms with Crippen LogP contribution in [0.5, 0.6) is 11.5 Å². The summed E-state index contributed by atoms with van der Waals surface area (Å²) < 4.78 is 10.5. The molecule has 0 saturated carbocycles. The zero-order chi connectivity index (χ0) is 16.7. The molecule has 1 unspecified atom stereocenters. The molecule has 0 radical (unpaired) electrons. The summed E-state index contributed by atoms with van der Waals surface area (Å²) in [6.45, 7) is 5.15. The Hall–Kier alpha value is -1.75. The van der Waals surface area contributed by atoms with Gasteiger partial charge in [-0.05, 0) is 50.0 Å². The number of nitrogens with one attached hydrogen (secondary N) is 1. The maximum absolute atomic E-state index is 12.1. The summed E-state index contributed by atoms with van der Waals surface area (Å²) in [5, 5.41) is 3.07. The van der Waals surface area contributed by atoms with E-state index < -0.39 is 0 Å². The Morgan fingerprint density at radius 3 is 2.57 bits per heavy atom. The number of likely N-dealkylation sites (tertiary alicyclic amines) is 1. The van der Waals surface area contributed by atoms with Crippen LogP contribution in [0, 0.1) is 0 Å². The summed E-state index contributed by atoms with van der Waals surface area (Å²) in [6.07, 6.45) is 3.58. The number of aryl methyl sites for hydroxylation is 1. The number of nitrogens with zero attached hydrogens (tertiary/aromatic N) is 1. The van der Waals surface area contributed by atoms with Gasteiger partial charge in [0.15, 0.2) is 0 Å². The number of hydrogen-bond donors (Lipinski definition) is 1. The quantitative estimate of drug-likeness (QED) is 0.798. The second-order valence-corrected chi connectivity index (χ2v) is 5.95. The number of rotatable bonds is 8. The van der Waals surface area contributed by atoms with Crippen LogP contribution in [-0.4, -0.2) is 50.7 Å². The minimum atomic E-state index is 0.106. The first-order valence-electron chi connectivity index (χ1n) is 8.39. The Bertz CT molecular complexity index is 497. The van der Waals surface area contributed by atoms with Crippen molar-refractivity contribution >= 4 is 5.91 Å². The highest BCUT2D eigenvalue weighted by molar-refractivity contribution is 5.76. The fourth-order valence-electron chi connectivity index (χ4n) is 3.13. The van der Waals surface area contributed by atoms with Crippen molar-refractivity contribution in [3.63, 3.8) is 0 Å². The lowest BCUT2D eigenvalue weighted by molar-refractivity contribution is -0.121. The molecule has 128 valence electrons. The molecule has 2 rings (SSSR count). The lowest BCUT2D eigenvalue weighted by Crippen LogP contribution is -2.40. The van der Waals surface area contributed by atoms with Gasteiger partial charge in [0.25, 0.3) is 0 Å². The van der Waals surface area contributed by atoms with Gasteiger partial charge in [-0.2, -0.15) is 0 Å². The van der Waals surface area contributed by atoms with Crippen molar-refractivity contribution in [1.29, 1.82) is 0 Å². The van der Waals surface area contributed by atoms with Crippen LogP contribution in [0.3, 0.4) is 0 Å². The molecule has 1 aromatic rings. The second kappa shape index (κ2) is 8.77. The van der Waals surface area contributed by atoms with E-state index in [2.05, 4.69) is 17.1 Å². The van der Waals surface area contributed by atoms with Crippen molar-refractivity contribution in [1.82, 2.24) is 10.2 Å². The molecule has 0 aliphatic carbocycles. The van der Waals surface area contributed by atoms with Gasteiger partial charge in [0.05, 0.1) is 14.2 Å². The molecule has 1 amide bonds. The monoisotopic (exact) mass is 320 g/mol. The van der Waals surface area contributed by atoms with E-state index in [0.29, 0.717) is 18.9 Å². The maximum Gasteiger partial charge on any atom is 0.220 e. The molecule has 1 atom stereocenters. The van der Waals surface area contributed by atoms with Gasteiger partial charge in [-0.25, -0.2) is 0 Å². The molecule has 0 spiro atoms. The summed E-state index contributed by atoms with van der Waals surface area (Å²) in [5.74, 6) is 1.61. The number of methoxy groups -OCH3 is 2. The third-order valence-corrected chi connectivity index (χ3v) is 4.49. The molecule has 5 nitrogen and oxygen atoms in total. The van der Waals surface area contributed by atoms with Gasteiger partial charge >= 0.3 is 0 Å². The Kier molecular flexibility index (Phi) is 6.71. The molecule has 0 bridgehead atoms. The largest absolute Gasteiger partial charge is 0.497 e. The average molecular weight is 320 g/mol. The fourth-order valence-corrected chi connectivity index (χ4v) is 3.13. The molecular weight excluding hydrogens is 292 g/mol. The normalized spacial score (nSPS) is 18.0. The number of amides is 1. The van der Waals surface area contributed by atoms with Gasteiger partial charge in [0.2, 0.25) is 5.91 Å². The van der Waals surface area contributed by atoms with Crippen LogP contribution in [0.4, 0.5) is 0 Å². The number of likely N-dealkylation sites (N-methyl/N-ethyl adjacent to an activating group) is 1. The van der Waals surface area contributed by atoms with Crippen molar-refractivity contribution in [2.24, 2.45) is 0 Å². The van der Waals surface area contributed by atoms with E-state index in [1.165, 1.54) is 12.8 Å². The van der Waals surface area contributed by atoms with Crippen LogP contribution in [0.2, 0.25) is 0 Å². The molecule has 1 N–H and O–H groups in total. The highest BCUT2D eigenvalue weighted by atomic mass is 16.5. The number of benzene rings is 1. The second-order valence-electron chi connectivity index (χ2n) is 5.95. The molecule has 1 saturated heterocycles. The Morgan fingerprint density at radius 2 is 1.96 bits per heavy atom. The van der Waals surface area contributed by atoms with Crippen LogP contribution in [0.15, 0.2) is 18.2 Å². The molecule has 1 heterocycles. The maximum atomic E-state index is 12.1. The zero-order valence-corrected chi connectivity index (χ0v) is 14.4. The minimum Gasteiger partial charge on any atom is -0.497 e. The predicted molar refractivity (Wildman–Crippen MR) is 91.1 cm³/mol. The van der Waals surface area contributed by atoms with Gasteiger partial charge in [0.1, 0.15) is 11.5 Å². The summed E-state index contributed by atoms with van der Waals surface area (Å²) in [7, 11) is 3.26. The van der Waals surface area contributed by atoms with Gasteiger partial charge in [0, 0.05) is 25.1 Å². The van der Waals surface area contributed by atoms with E-state index in [1.54, 1.807) is 14.2 Å². The Labute approximate surface area is 139 Å². The highest BCUT2D eigenvalue weighted by Crippen LogP contribution is 2.23. The first-order valence-corrected chi connectivity index (χ1v) is 8.39. The first-order chi connectivity index (χ1) is 11.2. The number of ether oxygens (including phenoxy) is 2. The van der Waals surface area contributed by atoms with Crippen LogP contribution in [0.25, 0.3) is 0 Å². The topological polar surface area (TPSA) is 50.8 Å². The van der Waals surface area contributed by atoms with E-state index in [0.717, 1.165) is 36.7 Å². The standard InChI is InChI=1S/C18H28N2O3/c1-4-20-9-5-6-15(20)13-19-18(21)8-7-14-10-16(22-2)12-17(11-14)23-3/h10-12,15H,4-9,13H2,1-3H3,(H,19,21). The molecule has 1 aliphatic heterocycles. The molecular formula is C18H28N2O3. The van der Waals surface area contributed by atoms with E-state index in [1.807, 2.05) is 18.2 Å². The summed E-state index contributed by atoms with van der Waals surface area (Å²) in [6, 6.07) is 6.24. The van der Waals surface area contributed by atoms with Crippen LogP contribution in [-0.2, 0) is 11.2 Å². The SMILES string of the molecule is CCN1CCCC1CNC(=O)CCc1cc(OC)cc(OC)c1. The lowest BCUT2D eigenvalue weighted by Gasteiger charge is -2.22. The van der Waals surface area contributed by atoms with Crippen molar-refractivity contribution in [2.75, 3.05) is 33.9 Å². The smallest absolute Gasteiger partial charge is 0.220 e. The van der Waals surface area contributed by atoms with Crippen molar-refractivity contribution in [2.45, 2.75) is 38.6 Å². The third-order valence-electron chi connectivity index (χ3n) is 4.49. The molecule has 0 aromatic heterocycles. The number of carbonyl (C=O) groups excluding carboxylic acids is 1. The summed E-state index contributed by atoms with van der Waals surface area (Å²) in [5.41, 5.74) is 1.05. The highest BCUT2D eigenvalue weighted by Gasteiger charge is 2.22. The summed E-state index contributed by atoms with van der Waals surface area (Å²) >= 11 is 0. The number of carbonyl (C=O) groups is 1. The van der Waals surface area contributed by atoms with Gasteiger partial charge in [-0.3, -0.25) is 9.69 Å². The number of hydrogen-bond acceptors (Lipinski definition) is 4. The molecule has 1 fully saturated rings. The van der Waals surface area contributed by atoms with Crippen molar-refractivity contribution in [3.8, 4) is 11.5 Å². The minimum absolute atomic E-state index is 0.106. The Morgan fingerprint density at radius 1 is 1.26 bits per heavy atom. The van der Waals surface area contributed by atoms with E-state index in [4.69, 9.17) is 9.47 Å². The molecule has 23 heavy (non-hydrogen) atoms. The van der Waals surface area contributed by atoms with Crippen LogP contribution < -0.4 is 14.8 Å². The molecule has 5 heteroatoms. The molecule has 1 aliphatic rings. The lowest BCUT2D eigenvalue weighted by atomic mass is 10.1. The van der Waals surface area contributed by atoms with E-state index in [-0.39, 0.29) is 5.91 Å². The molecule has 1 aromatic carbocycles. The predicted octanol–water partition coefficient (Wildman–Crippen LogP) is 2.24. The van der Waals surface area contributed by atoms with Crippen molar-refractivity contribution < 1.29 is 14.3 Å². The first kappa shape index (κ1) is 17.6. The summed E-state index contributed by atoms with van der Waals surface area (Å²) in [4.78, 5) is 14.5. The fraction of sp³-hybridized carbons (Fsp3) is 0.611. The Balaban J connectivity index is 1.80. The van der Waals surface area contributed by atoms with Gasteiger partial charge < -0.3 is 14.8 Å².